The van der Waals surface area contributed by atoms with Crippen molar-refractivity contribution >= 4 is 11.8 Å². The molecule has 4 rings (SSSR count). The molecule has 3 aliphatic heterocycles. The fourth-order valence-corrected chi connectivity index (χ4v) is 5.31. The molecular weight excluding hydrogens is 375 g/mol. The van der Waals surface area contributed by atoms with Gasteiger partial charge in [0.1, 0.15) is 11.2 Å². The normalized spacial score (nSPS) is 30.5. The number of morpholine rings is 1. The molecule has 0 spiro atoms. The van der Waals surface area contributed by atoms with Crippen LogP contribution in [-0.4, -0.2) is 73.6 Å². The zero-order valence-electron chi connectivity index (χ0n) is 16.9. The van der Waals surface area contributed by atoms with Crippen molar-refractivity contribution in [2.75, 3.05) is 40.0 Å². The lowest BCUT2D eigenvalue weighted by Crippen LogP contribution is -2.61. The minimum absolute atomic E-state index is 0.0143. The predicted molar refractivity (Wildman–Crippen MR) is 105 cm³/mol. The van der Waals surface area contributed by atoms with Crippen molar-refractivity contribution in [3.8, 4) is 0 Å². The summed E-state index contributed by atoms with van der Waals surface area (Å²) in [6.07, 6.45) is 2.54. The molecule has 6 nitrogen and oxygen atoms in total. The van der Waals surface area contributed by atoms with Gasteiger partial charge in [0, 0.05) is 38.1 Å². The summed E-state index contributed by atoms with van der Waals surface area (Å²) in [5.74, 6) is -0.661. The molecule has 2 bridgehead atoms. The van der Waals surface area contributed by atoms with E-state index in [1.54, 1.807) is 12.1 Å². The number of halogens is 1. The summed E-state index contributed by atoms with van der Waals surface area (Å²) in [4.78, 5) is 30.9. The quantitative estimate of drug-likeness (QED) is 0.534. The van der Waals surface area contributed by atoms with Gasteiger partial charge in [-0.3, -0.25) is 19.4 Å². The minimum atomic E-state index is -1.12. The maximum absolute atomic E-state index is 13.3. The highest BCUT2D eigenvalue weighted by atomic mass is 19.1. The van der Waals surface area contributed by atoms with Crippen LogP contribution in [0.2, 0.25) is 0 Å². The van der Waals surface area contributed by atoms with E-state index in [1.807, 2.05) is 0 Å². The Morgan fingerprint density at radius 1 is 1.24 bits per heavy atom. The third kappa shape index (κ3) is 3.83. The fraction of sp³-hybridized carbons (Fsp3) is 0.636. The Hall–Kier alpha value is -1.83. The molecule has 3 atom stereocenters. The van der Waals surface area contributed by atoms with E-state index in [0.29, 0.717) is 39.1 Å². The molecule has 3 unspecified atom stereocenters. The molecule has 0 amide bonds. The number of hydrogen-bond acceptors (Lipinski definition) is 6. The summed E-state index contributed by atoms with van der Waals surface area (Å²) in [6, 6.07) is 6.43. The number of ether oxygens (including phenoxy) is 2. The first-order valence-corrected chi connectivity index (χ1v) is 10.5. The molecule has 3 fully saturated rings. The van der Waals surface area contributed by atoms with Gasteiger partial charge in [-0.1, -0.05) is 12.1 Å². The van der Waals surface area contributed by atoms with E-state index in [1.165, 1.54) is 19.2 Å². The highest BCUT2D eigenvalue weighted by Crippen LogP contribution is 2.48. The Labute approximate surface area is 170 Å². The number of benzene rings is 1. The van der Waals surface area contributed by atoms with Crippen molar-refractivity contribution in [2.24, 2.45) is 5.41 Å². The molecule has 0 saturated carbocycles. The van der Waals surface area contributed by atoms with E-state index in [4.69, 9.17) is 9.47 Å². The third-order valence-electron chi connectivity index (χ3n) is 6.88. The number of fused-ring (bicyclic) bond motifs is 2. The molecule has 0 N–H and O–H groups in total. The van der Waals surface area contributed by atoms with Crippen molar-refractivity contribution in [2.45, 2.75) is 44.3 Å². The van der Waals surface area contributed by atoms with Crippen LogP contribution < -0.4 is 0 Å². The SMILES string of the molecule is COC(=O)C1(CCN2CCOCC2)C(=O)CC2CCC1N2Cc1ccc(F)cc1. The van der Waals surface area contributed by atoms with Gasteiger partial charge in [0.25, 0.3) is 0 Å². The molecule has 3 aliphatic rings. The summed E-state index contributed by atoms with van der Waals surface area (Å²) in [5, 5.41) is 0. The minimum Gasteiger partial charge on any atom is -0.468 e. The van der Waals surface area contributed by atoms with Gasteiger partial charge >= 0.3 is 5.97 Å². The lowest BCUT2D eigenvalue weighted by atomic mass is 9.70. The Bertz CT molecular complexity index is 750. The number of ketones is 1. The van der Waals surface area contributed by atoms with Crippen molar-refractivity contribution in [3.63, 3.8) is 0 Å². The van der Waals surface area contributed by atoms with Gasteiger partial charge in [-0.2, -0.15) is 0 Å². The van der Waals surface area contributed by atoms with Gasteiger partial charge in [0.05, 0.1) is 20.3 Å². The number of nitrogens with zero attached hydrogens (tertiary/aromatic N) is 2. The highest BCUT2D eigenvalue weighted by Gasteiger charge is 2.61. The Balaban J connectivity index is 1.58. The van der Waals surface area contributed by atoms with Crippen molar-refractivity contribution in [3.05, 3.63) is 35.6 Å². The van der Waals surface area contributed by atoms with Crippen LogP contribution in [0.25, 0.3) is 0 Å². The fourth-order valence-electron chi connectivity index (χ4n) is 5.31. The maximum Gasteiger partial charge on any atom is 0.321 e. The molecule has 0 radical (unpaired) electrons. The molecule has 0 aromatic heterocycles. The van der Waals surface area contributed by atoms with Crippen molar-refractivity contribution < 1.29 is 23.5 Å². The van der Waals surface area contributed by atoms with E-state index >= 15 is 0 Å². The average Bonchev–Trinajstić information content (AvgIpc) is 3.05. The molecule has 0 aliphatic carbocycles. The number of methoxy groups -OCH3 is 1. The number of piperidine rings is 1. The first-order valence-electron chi connectivity index (χ1n) is 10.5. The topological polar surface area (TPSA) is 59.1 Å². The molecular formula is C22H29FN2O4. The number of esters is 1. The Kier molecular flexibility index (Phi) is 5.99. The smallest absolute Gasteiger partial charge is 0.321 e. The molecule has 1 aromatic carbocycles. The Morgan fingerprint density at radius 2 is 1.97 bits per heavy atom. The summed E-state index contributed by atoms with van der Waals surface area (Å²) in [6.45, 7) is 4.29. The molecule has 1 aromatic rings. The molecule has 7 heteroatoms. The van der Waals surface area contributed by atoms with E-state index in [0.717, 1.165) is 31.5 Å². The van der Waals surface area contributed by atoms with Gasteiger partial charge in [-0.05, 0) is 43.5 Å². The number of carbonyl (C=O) groups is 2. The van der Waals surface area contributed by atoms with E-state index in [2.05, 4.69) is 9.80 Å². The second kappa shape index (κ2) is 8.50. The number of Topliss-reactive ketones (excluding diaryl/α,β-unsaturated/α-hetero) is 1. The number of rotatable bonds is 6. The van der Waals surface area contributed by atoms with Crippen molar-refractivity contribution in [1.29, 1.82) is 0 Å². The second-order valence-electron chi connectivity index (χ2n) is 8.34. The molecule has 158 valence electrons. The Morgan fingerprint density at radius 3 is 2.66 bits per heavy atom. The van der Waals surface area contributed by atoms with Crippen LogP contribution in [0.4, 0.5) is 4.39 Å². The average molecular weight is 404 g/mol. The van der Waals surface area contributed by atoms with Gasteiger partial charge in [0.15, 0.2) is 5.78 Å². The third-order valence-corrected chi connectivity index (χ3v) is 6.88. The summed E-state index contributed by atoms with van der Waals surface area (Å²) in [5.41, 5.74) is -0.135. The number of hydrogen-bond donors (Lipinski definition) is 0. The highest BCUT2D eigenvalue weighted by molar-refractivity contribution is 6.05. The van der Waals surface area contributed by atoms with E-state index < -0.39 is 11.4 Å². The first kappa shape index (κ1) is 20.4. The lowest BCUT2D eigenvalue weighted by molar-refractivity contribution is -0.168. The van der Waals surface area contributed by atoms with Gasteiger partial charge in [-0.15, -0.1) is 0 Å². The second-order valence-corrected chi connectivity index (χ2v) is 8.34. The largest absolute Gasteiger partial charge is 0.468 e. The summed E-state index contributed by atoms with van der Waals surface area (Å²) < 4.78 is 23.9. The first-order chi connectivity index (χ1) is 14.0. The van der Waals surface area contributed by atoms with Crippen LogP contribution in [-0.2, 0) is 25.6 Å². The van der Waals surface area contributed by atoms with E-state index in [-0.39, 0.29) is 23.7 Å². The predicted octanol–water partition coefficient (Wildman–Crippen LogP) is 2.01. The molecule has 29 heavy (non-hydrogen) atoms. The van der Waals surface area contributed by atoms with Crippen LogP contribution in [0.5, 0.6) is 0 Å². The summed E-state index contributed by atoms with van der Waals surface area (Å²) in [7, 11) is 1.37. The summed E-state index contributed by atoms with van der Waals surface area (Å²) >= 11 is 0. The van der Waals surface area contributed by atoms with Gasteiger partial charge < -0.3 is 9.47 Å². The van der Waals surface area contributed by atoms with Crippen LogP contribution in [0.3, 0.4) is 0 Å². The zero-order valence-corrected chi connectivity index (χ0v) is 16.9. The molecule has 3 heterocycles. The monoisotopic (exact) mass is 404 g/mol. The van der Waals surface area contributed by atoms with Crippen LogP contribution in [0.1, 0.15) is 31.2 Å². The maximum atomic E-state index is 13.3. The standard InChI is InChI=1S/C22H29FN2O4/c1-28-21(27)22(8-9-24-10-12-29-13-11-24)19-7-6-18(14-20(22)26)25(19)15-16-2-4-17(23)5-3-16/h2-5,18-19H,6-15H2,1H3. The lowest BCUT2D eigenvalue weighted by Gasteiger charge is -2.46. The zero-order chi connectivity index (χ0) is 20.4. The van der Waals surface area contributed by atoms with Crippen LogP contribution >= 0.6 is 0 Å². The number of carbonyl (C=O) groups excluding carboxylic acids is 2. The van der Waals surface area contributed by atoms with Gasteiger partial charge in [-0.25, -0.2) is 4.39 Å². The van der Waals surface area contributed by atoms with E-state index in [9.17, 15) is 14.0 Å². The van der Waals surface area contributed by atoms with Gasteiger partial charge in [0.2, 0.25) is 0 Å². The van der Waals surface area contributed by atoms with Crippen LogP contribution in [0, 0.1) is 11.2 Å². The van der Waals surface area contributed by atoms with Crippen LogP contribution in [0.15, 0.2) is 24.3 Å². The van der Waals surface area contributed by atoms with Crippen molar-refractivity contribution in [1.82, 2.24) is 9.80 Å². The molecule has 3 saturated heterocycles.